The van der Waals surface area contributed by atoms with Crippen LogP contribution in [0.3, 0.4) is 0 Å². The van der Waals surface area contributed by atoms with E-state index in [-0.39, 0.29) is 5.41 Å². The van der Waals surface area contributed by atoms with Crippen LogP contribution < -0.4 is 5.73 Å². The van der Waals surface area contributed by atoms with Gasteiger partial charge in [-0.1, -0.05) is 38.1 Å². The van der Waals surface area contributed by atoms with E-state index in [1.165, 1.54) is 5.56 Å². The molecule has 1 aromatic carbocycles. The Hall–Kier alpha value is -0.860. The fraction of sp³-hybridized carbons (Fsp3) is 0.571. The van der Waals surface area contributed by atoms with Gasteiger partial charge in [-0.25, -0.2) is 0 Å². The van der Waals surface area contributed by atoms with E-state index >= 15 is 0 Å². The van der Waals surface area contributed by atoms with E-state index < -0.39 is 5.60 Å². The first-order valence-electron chi connectivity index (χ1n) is 6.08. The molecule has 16 heavy (non-hydrogen) atoms. The summed E-state index contributed by atoms with van der Waals surface area (Å²) in [5.41, 5.74) is 7.28. The van der Waals surface area contributed by atoms with E-state index in [1.807, 2.05) is 18.2 Å². The van der Waals surface area contributed by atoms with Crippen LogP contribution in [0.5, 0.6) is 0 Å². The van der Waals surface area contributed by atoms with Crippen molar-refractivity contribution in [3.8, 4) is 0 Å². The quantitative estimate of drug-likeness (QED) is 0.818. The van der Waals surface area contributed by atoms with Crippen molar-refractivity contribution in [1.29, 1.82) is 0 Å². The highest BCUT2D eigenvalue weighted by atomic mass is 16.3. The van der Waals surface area contributed by atoms with Gasteiger partial charge in [-0.3, -0.25) is 0 Å². The van der Waals surface area contributed by atoms with Crippen LogP contribution in [0, 0.1) is 5.41 Å². The highest BCUT2D eigenvalue weighted by Gasteiger charge is 2.49. The van der Waals surface area contributed by atoms with Crippen LogP contribution in [0.4, 0.5) is 0 Å². The summed E-state index contributed by atoms with van der Waals surface area (Å²) in [7, 11) is 0. The van der Waals surface area contributed by atoms with Gasteiger partial charge in [-0.2, -0.15) is 0 Å². The molecule has 0 aliphatic heterocycles. The van der Waals surface area contributed by atoms with Gasteiger partial charge in [-0.05, 0) is 30.4 Å². The summed E-state index contributed by atoms with van der Waals surface area (Å²) < 4.78 is 0. The van der Waals surface area contributed by atoms with Crippen LogP contribution in [0.1, 0.15) is 37.8 Å². The Morgan fingerprint density at radius 3 is 2.75 bits per heavy atom. The number of fused-ring (bicyclic) bond motifs is 1. The lowest BCUT2D eigenvalue weighted by atomic mass is 9.68. The standard InChI is InChI=1S/C14H21NO/c1-3-13(2,10-15)14(16)9-8-11-6-4-5-7-12(11)14/h4-7,16H,3,8-10,15H2,1-2H3. The maximum atomic E-state index is 11.0. The molecular weight excluding hydrogens is 198 g/mol. The second-order valence-electron chi connectivity index (χ2n) is 5.14. The molecule has 1 aliphatic carbocycles. The van der Waals surface area contributed by atoms with Crippen LogP contribution in [0.2, 0.25) is 0 Å². The zero-order valence-corrected chi connectivity index (χ0v) is 10.2. The summed E-state index contributed by atoms with van der Waals surface area (Å²) >= 11 is 0. The van der Waals surface area contributed by atoms with Crippen molar-refractivity contribution >= 4 is 0 Å². The number of aryl methyl sites for hydroxylation is 1. The van der Waals surface area contributed by atoms with E-state index in [0.29, 0.717) is 6.54 Å². The summed E-state index contributed by atoms with van der Waals surface area (Å²) in [4.78, 5) is 0. The van der Waals surface area contributed by atoms with E-state index in [9.17, 15) is 5.11 Å². The number of benzene rings is 1. The fourth-order valence-electron chi connectivity index (χ4n) is 2.82. The minimum atomic E-state index is -0.743. The van der Waals surface area contributed by atoms with Crippen LogP contribution in [0.15, 0.2) is 24.3 Å². The SMILES string of the molecule is CCC(C)(CN)C1(O)CCc2ccccc21. The van der Waals surface area contributed by atoms with Gasteiger partial charge in [0.25, 0.3) is 0 Å². The van der Waals surface area contributed by atoms with Crippen LogP contribution in [0.25, 0.3) is 0 Å². The number of rotatable bonds is 3. The number of nitrogens with two attached hydrogens (primary N) is 1. The molecule has 3 N–H and O–H groups in total. The van der Waals surface area contributed by atoms with Crippen molar-refractivity contribution < 1.29 is 5.11 Å². The predicted octanol–water partition coefficient (Wildman–Crippen LogP) is 2.20. The Labute approximate surface area is 97.5 Å². The highest BCUT2D eigenvalue weighted by molar-refractivity contribution is 5.39. The molecule has 0 heterocycles. The smallest absolute Gasteiger partial charge is 0.0967 e. The first-order chi connectivity index (χ1) is 7.57. The van der Waals surface area contributed by atoms with Gasteiger partial charge in [-0.15, -0.1) is 0 Å². The molecule has 0 bridgehead atoms. The maximum absolute atomic E-state index is 11.0. The van der Waals surface area contributed by atoms with Crippen molar-refractivity contribution in [3.63, 3.8) is 0 Å². The van der Waals surface area contributed by atoms with E-state index in [2.05, 4.69) is 19.9 Å². The van der Waals surface area contributed by atoms with Gasteiger partial charge >= 0.3 is 0 Å². The third kappa shape index (κ3) is 1.40. The second kappa shape index (κ2) is 3.86. The third-order valence-electron chi connectivity index (χ3n) is 4.45. The number of aliphatic hydroxyl groups is 1. The highest BCUT2D eigenvalue weighted by Crippen LogP contribution is 2.49. The van der Waals surface area contributed by atoms with Gasteiger partial charge in [0.2, 0.25) is 0 Å². The summed E-state index contributed by atoms with van der Waals surface area (Å²) in [5, 5.41) is 11.0. The van der Waals surface area contributed by atoms with Gasteiger partial charge in [0, 0.05) is 12.0 Å². The van der Waals surface area contributed by atoms with Gasteiger partial charge in [0.1, 0.15) is 0 Å². The molecule has 1 aliphatic rings. The normalized spacial score (nSPS) is 27.5. The molecule has 0 saturated heterocycles. The van der Waals surface area contributed by atoms with Crippen LogP contribution in [-0.2, 0) is 12.0 Å². The Morgan fingerprint density at radius 2 is 2.12 bits per heavy atom. The van der Waals surface area contributed by atoms with Crippen molar-refractivity contribution in [2.45, 2.75) is 38.7 Å². The Balaban J connectivity index is 2.49. The maximum Gasteiger partial charge on any atom is 0.0967 e. The molecule has 2 unspecified atom stereocenters. The summed E-state index contributed by atoms with van der Waals surface area (Å²) in [6.07, 6.45) is 2.66. The molecule has 88 valence electrons. The van der Waals surface area contributed by atoms with Crippen LogP contribution in [-0.4, -0.2) is 11.7 Å². The number of hydrogen-bond acceptors (Lipinski definition) is 2. The molecule has 0 spiro atoms. The largest absolute Gasteiger partial charge is 0.385 e. The van der Waals surface area contributed by atoms with E-state index in [4.69, 9.17) is 5.73 Å². The Bertz CT molecular complexity index is 384. The molecule has 0 radical (unpaired) electrons. The lowest BCUT2D eigenvalue weighted by Gasteiger charge is -2.42. The average Bonchev–Trinajstić information content (AvgIpc) is 2.68. The summed E-state index contributed by atoms with van der Waals surface area (Å²) in [6.45, 7) is 4.72. The van der Waals surface area contributed by atoms with Crippen molar-refractivity contribution in [1.82, 2.24) is 0 Å². The van der Waals surface area contributed by atoms with E-state index in [1.54, 1.807) is 0 Å². The lowest BCUT2D eigenvalue weighted by molar-refractivity contribution is -0.0789. The third-order valence-corrected chi connectivity index (χ3v) is 4.45. The molecule has 2 nitrogen and oxygen atoms in total. The van der Waals surface area contributed by atoms with Crippen molar-refractivity contribution in [2.75, 3.05) is 6.54 Å². The summed E-state index contributed by atoms with van der Waals surface area (Å²) in [5.74, 6) is 0. The monoisotopic (exact) mass is 219 g/mol. The molecule has 0 amide bonds. The van der Waals surface area contributed by atoms with E-state index in [0.717, 1.165) is 24.8 Å². The topological polar surface area (TPSA) is 46.2 Å². The summed E-state index contributed by atoms with van der Waals surface area (Å²) in [6, 6.07) is 8.20. The minimum Gasteiger partial charge on any atom is -0.385 e. The van der Waals surface area contributed by atoms with Crippen LogP contribution >= 0.6 is 0 Å². The number of hydrogen-bond donors (Lipinski definition) is 2. The second-order valence-corrected chi connectivity index (χ2v) is 5.14. The van der Waals surface area contributed by atoms with Crippen molar-refractivity contribution in [3.05, 3.63) is 35.4 Å². The molecule has 0 saturated carbocycles. The first-order valence-corrected chi connectivity index (χ1v) is 6.08. The van der Waals surface area contributed by atoms with Gasteiger partial charge in [0.15, 0.2) is 0 Å². The lowest BCUT2D eigenvalue weighted by Crippen LogP contribution is -2.46. The average molecular weight is 219 g/mol. The zero-order valence-electron chi connectivity index (χ0n) is 10.2. The van der Waals surface area contributed by atoms with Crippen molar-refractivity contribution in [2.24, 2.45) is 11.1 Å². The van der Waals surface area contributed by atoms with Gasteiger partial charge in [0.05, 0.1) is 5.60 Å². The molecule has 1 aromatic rings. The molecule has 0 aromatic heterocycles. The zero-order chi connectivity index (χ0) is 11.8. The molecule has 2 heteroatoms. The predicted molar refractivity (Wildman–Crippen MR) is 66.1 cm³/mol. The Morgan fingerprint density at radius 1 is 1.44 bits per heavy atom. The molecular formula is C14H21NO. The van der Waals surface area contributed by atoms with Gasteiger partial charge < -0.3 is 10.8 Å². The Kier molecular flexibility index (Phi) is 2.81. The fourth-order valence-corrected chi connectivity index (χ4v) is 2.82. The molecule has 2 atom stereocenters. The minimum absolute atomic E-state index is 0.223. The molecule has 2 rings (SSSR count). The first kappa shape index (κ1) is 11.6. The molecule has 0 fully saturated rings.